The standard InChI is InChI=1S/C55H44FN5O4/c56-48-49(65-55(43-30-16-5-17-31-43,44-32-18-6-19-33-44)45-34-20-7-21-35-45)47(37-63-54(40-24-10-2-11-25-40,41-26-12-3-13-27-41)42-28-14-4-15-29-42)64-52(48)61-38-58-46-36-57-53(59-50(46)61)60-51(62)39-22-8-1-9-23-39/h1-36,38,47-49,52H,37H2,(H,57,59,60,62)/t47-,48+,49-,52-/m1/s1. The van der Waals surface area contributed by atoms with Gasteiger partial charge < -0.3 is 14.2 Å². The first-order valence-corrected chi connectivity index (χ1v) is 21.5. The number of rotatable bonds is 14. The first-order chi connectivity index (χ1) is 32.0. The number of anilines is 1. The largest absolute Gasteiger partial charge is 0.358 e. The van der Waals surface area contributed by atoms with Gasteiger partial charge in [-0.2, -0.15) is 4.98 Å². The molecule has 0 aliphatic carbocycles. The number of carbonyl (C=O) groups is 1. The maximum atomic E-state index is 18.3. The fraction of sp³-hybridized carbons (Fsp3) is 0.127. The van der Waals surface area contributed by atoms with Crippen LogP contribution in [0, 0.1) is 0 Å². The SMILES string of the molecule is O=C(Nc1ncc2ncn([C@@H]3O[C@H](COC(c4ccccc4)(c4ccccc4)c4ccccc4)[C@@H](OC(c4ccccc4)(c4ccccc4)c4ccccc4)[C@@H]3F)c2n1)c1ccccc1. The number of alkyl halides is 1. The van der Waals surface area contributed by atoms with Gasteiger partial charge in [-0.15, -0.1) is 0 Å². The smallest absolute Gasteiger partial charge is 0.258 e. The number of benzene rings is 7. The predicted molar refractivity (Wildman–Crippen MR) is 248 cm³/mol. The Labute approximate surface area is 376 Å². The Morgan fingerprint density at radius 1 is 0.585 bits per heavy atom. The van der Waals surface area contributed by atoms with Crippen LogP contribution in [-0.4, -0.2) is 50.4 Å². The molecule has 10 rings (SSSR count). The molecule has 9 nitrogen and oxygen atoms in total. The van der Waals surface area contributed by atoms with Crippen molar-refractivity contribution in [2.75, 3.05) is 11.9 Å². The molecule has 1 fully saturated rings. The monoisotopic (exact) mass is 857 g/mol. The zero-order valence-corrected chi connectivity index (χ0v) is 35.2. The lowest BCUT2D eigenvalue weighted by molar-refractivity contribution is -0.128. The molecule has 65 heavy (non-hydrogen) atoms. The number of aromatic nitrogens is 4. The van der Waals surface area contributed by atoms with E-state index in [0.717, 1.165) is 33.4 Å². The maximum Gasteiger partial charge on any atom is 0.258 e. The van der Waals surface area contributed by atoms with E-state index in [9.17, 15) is 4.79 Å². The van der Waals surface area contributed by atoms with Crippen molar-refractivity contribution in [1.82, 2.24) is 19.5 Å². The molecule has 0 saturated carbocycles. The Kier molecular flexibility index (Phi) is 11.6. The highest BCUT2D eigenvalue weighted by Gasteiger charge is 2.53. The molecule has 3 heterocycles. The molecule has 0 bridgehead atoms. The van der Waals surface area contributed by atoms with Crippen molar-refractivity contribution in [1.29, 1.82) is 0 Å². The van der Waals surface area contributed by atoms with E-state index in [-0.39, 0.29) is 24.1 Å². The van der Waals surface area contributed by atoms with E-state index in [0.29, 0.717) is 11.1 Å². The van der Waals surface area contributed by atoms with Gasteiger partial charge >= 0.3 is 0 Å². The molecule has 1 saturated heterocycles. The van der Waals surface area contributed by atoms with Crippen molar-refractivity contribution >= 4 is 23.0 Å². The van der Waals surface area contributed by atoms with Crippen LogP contribution in [0.4, 0.5) is 10.3 Å². The van der Waals surface area contributed by atoms with E-state index in [1.54, 1.807) is 28.8 Å². The summed E-state index contributed by atoms with van der Waals surface area (Å²) >= 11 is 0. The quantitative estimate of drug-likeness (QED) is 0.109. The molecule has 0 radical (unpaired) electrons. The van der Waals surface area contributed by atoms with Crippen LogP contribution in [0.5, 0.6) is 0 Å². The van der Waals surface area contributed by atoms with Gasteiger partial charge in [-0.1, -0.05) is 200 Å². The van der Waals surface area contributed by atoms with Gasteiger partial charge in [-0.25, -0.2) is 14.4 Å². The molecule has 7 aromatic carbocycles. The van der Waals surface area contributed by atoms with Gasteiger partial charge in [-0.05, 0) is 45.5 Å². The molecular formula is C55H44FN5O4. The second kappa shape index (κ2) is 18.2. The van der Waals surface area contributed by atoms with Crippen LogP contribution >= 0.6 is 0 Å². The summed E-state index contributed by atoms with van der Waals surface area (Å²) in [5.74, 6) is -0.358. The summed E-state index contributed by atoms with van der Waals surface area (Å²) in [6.45, 7) is -0.102. The molecule has 1 amide bonds. The van der Waals surface area contributed by atoms with Crippen LogP contribution in [0.1, 0.15) is 50.0 Å². The van der Waals surface area contributed by atoms with Gasteiger partial charge in [0.1, 0.15) is 28.9 Å². The van der Waals surface area contributed by atoms with Gasteiger partial charge in [-0.3, -0.25) is 14.7 Å². The number of nitrogens with zero attached hydrogens (tertiary/aromatic N) is 4. The lowest BCUT2D eigenvalue weighted by Crippen LogP contribution is -2.45. The average molecular weight is 858 g/mol. The summed E-state index contributed by atoms with van der Waals surface area (Å²) in [6.07, 6.45) is -2.34. The second-order valence-electron chi connectivity index (χ2n) is 15.8. The summed E-state index contributed by atoms with van der Waals surface area (Å²) < 4.78 is 41.7. The van der Waals surface area contributed by atoms with Crippen LogP contribution < -0.4 is 5.32 Å². The Bertz CT molecular complexity index is 2770. The van der Waals surface area contributed by atoms with Gasteiger partial charge in [0.2, 0.25) is 5.95 Å². The highest BCUT2D eigenvalue weighted by Crippen LogP contribution is 2.47. The van der Waals surface area contributed by atoms with E-state index < -0.39 is 35.8 Å². The molecule has 0 unspecified atom stereocenters. The van der Waals surface area contributed by atoms with Crippen molar-refractivity contribution in [3.63, 3.8) is 0 Å². The number of amides is 1. The molecule has 9 aromatic rings. The number of ether oxygens (including phenoxy) is 3. The summed E-state index contributed by atoms with van der Waals surface area (Å²) in [6, 6.07) is 68.5. The van der Waals surface area contributed by atoms with Crippen molar-refractivity contribution in [2.24, 2.45) is 0 Å². The Morgan fingerprint density at radius 3 is 1.45 bits per heavy atom. The van der Waals surface area contributed by atoms with Crippen LogP contribution in [0.25, 0.3) is 11.2 Å². The van der Waals surface area contributed by atoms with Crippen molar-refractivity contribution in [2.45, 2.75) is 35.8 Å². The Hall–Kier alpha value is -7.63. The average Bonchev–Trinajstić information content (AvgIpc) is 3.94. The van der Waals surface area contributed by atoms with Gasteiger partial charge in [0.25, 0.3) is 5.91 Å². The molecule has 10 heteroatoms. The van der Waals surface area contributed by atoms with Crippen molar-refractivity contribution in [3.8, 4) is 0 Å². The molecule has 1 aliphatic heterocycles. The third kappa shape index (κ3) is 7.89. The van der Waals surface area contributed by atoms with Gasteiger partial charge in [0, 0.05) is 5.56 Å². The molecule has 0 spiro atoms. The number of imidazole rings is 1. The minimum absolute atomic E-state index is 0.0313. The second-order valence-corrected chi connectivity index (χ2v) is 15.8. The fourth-order valence-electron chi connectivity index (χ4n) is 8.93. The lowest BCUT2D eigenvalue weighted by Gasteiger charge is -2.40. The lowest BCUT2D eigenvalue weighted by atomic mass is 9.79. The van der Waals surface area contributed by atoms with Crippen LogP contribution in [0.15, 0.2) is 225 Å². The molecule has 1 N–H and O–H groups in total. The number of fused-ring (bicyclic) bond motifs is 1. The zero-order valence-electron chi connectivity index (χ0n) is 35.2. The Morgan fingerprint density at radius 2 is 1.00 bits per heavy atom. The molecule has 2 aromatic heterocycles. The van der Waals surface area contributed by atoms with E-state index in [1.807, 2.05) is 188 Å². The van der Waals surface area contributed by atoms with E-state index in [2.05, 4.69) is 15.3 Å². The van der Waals surface area contributed by atoms with Gasteiger partial charge in [0.05, 0.1) is 19.1 Å². The molecule has 4 atom stereocenters. The first kappa shape index (κ1) is 41.4. The topological polar surface area (TPSA) is 100 Å². The van der Waals surface area contributed by atoms with Crippen LogP contribution in [-0.2, 0) is 25.4 Å². The van der Waals surface area contributed by atoms with E-state index >= 15 is 4.39 Å². The zero-order chi connectivity index (χ0) is 44.1. The van der Waals surface area contributed by atoms with Crippen LogP contribution in [0.3, 0.4) is 0 Å². The summed E-state index contributed by atoms with van der Waals surface area (Å²) in [5, 5.41) is 2.77. The first-order valence-electron chi connectivity index (χ1n) is 21.5. The van der Waals surface area contributed by atoms with Gasteiger partial charge in [0.15, 0.2) is 18.0 Å². The Balaban J connectivity index is 1.11. The van der Waals surface area contributed by atoms with Crippen LogP contribution in [0.2, 0.25) is 0 Å². The fourth-order valence-corrected chi connectivity index (χ4v) is 8.93. The minimum atomic E-state index is -1.80. The highest BCUT2D eigenvalue weighted by atomic mass is 19.1. The number of nitrogens with one attached hydrogen (secondary N) is 1. The molecular weight excluding hydrogens is 814 g/mol. The normalized spacial score (nSPS) is 17.5. The van der Waals surface area contributed by atoms with E-state index in [4.69, 9.17) is 19.2 Å². The third-order valence-corrected chi connectivity index (χ3v) is 12.0. The summed E-state index contributed by atoms with van der Waals surface area (Å²) in [7, 11) is 0. The maximum absolute atomic E-state index is 18.3. The number of halogens is 1. The summed E-state index contributed by atoms with van der Waals surface area (Å²) in [4.78, 5) is 26.8. The minimum Gasteiger partial charge on any atom is -0.358 e. The molecule has 320 valence electrons. The van der Waals surface area contributed by atoms with E-state index in [1.165, 1.54) is 12.5 Å². The molecule has 1 aliphatic rings. The summed E-state index contributed by atoms with van der Waals surface area (Å²) in [5.41, 5.74) is 3.71. The van der Waals surface area contributed by atoms with Crippen molar-refractivity contribution < 1.29 is 23.4 Å². The predicted octanol–water partition coefficient (Wildman–Crippen LogP) is 10.7. The number of hydrogen-bond acceptors (Lipinski definition) is 7. The number of carbonyl (C=O) groups excluding carboxylic acids is 1. The number of hydrogen-bond donors (Lipinski definition) is 1. The van der Waals surface area contributed by atoms with Crippen molar-refractivity contribution in [3.05, 3.63) is 264 Å². The highest BCUT2D eigenvalue weighted by molar-refractivity contribution is 6.03. The third-order valence-electron chi connectivity index (χ3n) is 12.0.